The highest BCUT2D eigenvalue weighted by Crippen LogP contribution is 2.18. The Morgan fingerprint density at radius 3 is 2.15 bits per heavy atom. The first kappa shape index (κ1) is 13.8. The number of nitrogens with zero attached hydrogens (tertiary/aromatic N) is 1. The Bertz CT molecular complexity index is 754. The van der Waals surface area contributed by atoms with Crippen LogP contribution >= 0.6 is 0 Å². The number of hydrogen-bond donors (Lipinski definition) is 2. The van der Waals surface area contributed by atoms with Crippen LogP contribution < -0.4 is 11.2 Å². The minimum atomic E-state index is -0.532. The molecular weight excluding hydrogens is 258 g/mol. The van der Waals surface area contributed by atoms with Gasteiger partial charge >= 0.3 is 5.69 Å². The van der Waals surface area contributed by atoms with Gasteiger partial charge in [-0.3, -0.25) is 14.6 Å². The number of carbonyl (C=O) groups is 1. The molecule has 2 N–H and O–H groups in total. The quantitative estimate of drug-likeness (QED) is 0.846. The van der Waals surface area contributed by atoms with Crippen LogP contribution in [0.5, 0.6) is 0 Å². The van der Waals surface area contributed by atoms with E-state index in [4.69, 9.17) is 0 Å². The zero-order chi connectivity index (χ0) is 14.9. The van der Waals surface area contributed by atoms with Gasteiger partial charge in [0.2, 0.25) is 0 Å². The summed E-state index contributed by atoms with van der Waals surface area (Å²) in [5.74, 6) is -0.108. The standard InChI is InChI=1S/C14H15N3O3/c1-8-11(12(18)16-14(20)15-8)9-4-6-10(7-5-9)13(19)17(2)3/h4-7H,1-3H3,(H2,15,16,18,20). The lowest BCUT2D eigenvalue weighted by molar-refractivity contribution is 0.0827. The van der Waals surface area contributed by atoms with E-state index in [9.17, 15) is 14.4 Å². The topological polar surface area (TPSA) is 86.0 Å². The fourth-order valence-electron chi connectivity index (χ4n) is 1.99. The Balaban J connectivity index is 2.49. The first-order valence-corrected chi connectivity index (χ1v) is 6.05. The van der Waals surface area contributed by atoms with E-state index < -0.39 is 11.2 Å². The van der Waals surface area contributed by atoms with Crippen LogP contribution in [0.3, 0.4) is 0 Å². The molecular formula is C14H15N3O3. The normalized spacial score (nSPS) is 10.3. The second-order valence-corrected chi connectivity index (χ2v) is 4.69. The van der Waals surface area contributed by atoms with Crippen molar-refractivity contribution in [2.45, 2.75) is 6.92 Å². The van der Waals surface area contributed by atoms with Crippen molar-refractivity contribution in [2.24, 2.45) is 0 Å². The molecule has 104 valence electrons. The molecule has 0 aliphatic rings. The Morgan fingerprint density at radius 1 is 1.05 bits per heavy atom. The highest BCUT2D eigenvalue weighted by molar-refractivity contribution is 5.94. The number of amides is 1. The molecule has 6 nitrogen and oxygen atoms in total. The summed E-state index contributed by atoms with van der Waals surface area (Å²) in [6.45, 7) is 1.66. The van der Waals surface area contributed by atoms with Gasteiger partial charge in [0.1, 0.15) is 0 Å². The van der Waals surface area contributed by atoms with Crippen LogP contribution in [0.15, 0.2) is 33.9 Å². The van der Waals surface area contributed by atoms with Gasteiger partial charge < -0.3 is 9.88 Å². The summed E-state index contributed by atoms with van der Waals surface area (Å²) in [4.78, 5) is 41.0. The molecule has 2 rings (SSSR count). The van der Waals surface area contributed by atoms with E-state index >= 15 is 0 Å². The molecule has 0 aliphatic heterocycles. The summed E-state index contributed by atoms with van der Waals surface area (Å²) in [5.41, 5.74) is 1.10. The monoisotopic (exact) mass is 273 g/mol. The van der Waals surface area contributed by atoms with Crippen LogP contribution in [0, 0.1) is 6.92 Å². The molecule has 20 heavy (non-hydrogen) atoms. The Morgan fingerprint density at radius 2 is 1.65 bits per heavy atom. The Kier molecular flexibility index (Phi) is 3.56. The fourth-order valence-corrected chi connectivity index (χ4v) is 1.99. The lowest BCUT2D eigenvalue weighted by Gasteiger charge is -2.10. The number of hydrogen-bond acceptors (Lipinski definition) is 3. The number of aryl methyl sites for hydroxylation is 1. The lowest BCUT2D eigenvalue weighted by atomic mass is 10.0. The van der Waals surface area contributed by atoms with Gasteiger partial charge in [-0.25, -0.2) is 4.79 Å². The van der Waals surface area contributed by atoms with Gasteiger partial charge in [-0.15, -0.1) is 0 Å². The largest absolute Gasteiger partial charge is 0.345 e. The van der Waals surface area contributed by atoms with E-state index in [0.29, 0.717) is 22.4 Å². The average molecular weight is 273 g/mol. The third-order valence-electron chi connectivity index (χ3n) is 2.96. The van der Waals surface area contributed by atoms with Crippen LogP contribution in [0.1, 0.15) is 16.1 Å². The SMILES string of the molecule is Cc1[nH]c(=O)[nH]c(=O)c1-c1ccc(C(=O)N(C)C)cc1. The van der Waals surface area contributed by atoms with Crippen molar-refractivity contribution in [1.82, 2.24) is 14.9 Å². The predicted molar refractivity (Wildman–Crippen MR) is 75.9 cm³/mol. The number of carbonyl (C=O) groups excluding carboxylic acids is 1. The van der Waals surface area contributed by atoms with Gasteiger partial charge in [0.05, 0.1) is 5.56 Å². The predicted octanol–water partition coefficient (Wildman–Crippen LogP) is 0.740. The van der Waals surface area contributed by atoms with Crippen molar-refractivity contribution < 1.29 is 4.79 Å². The van der Waals surface area contributed by atoms with Crippen LogP contribution in [0.4, 0.5) is 0 Å². The van der Waals surface area contributed by atoms with Gasteiger partial charge in [0.25, 0.3) is 11.5 Å². The van der Waals surface area contributed by atoms with Gasteiger partial charge in [-0.1, -0.05) is 12.1 Å². The zero-order valence-corrected chi connectivity index (χ0v) is 11.5. The van der Waals surface area contributed by atoms with Gasteiger partial charge in [-0.2, -0.15) is 0 Å². The molecule has 1 amide bonds. The molecule has 6 heteroatoms. The van der Waals surface area contributed by atoms with Crippen molar-refractivity contribution in [3.8, 4) is 11.1 Å². The van der Waals surface area contributed by atoms with Gasteiger partial charge in [-0.05, 0) is 24.6 Å². The summed E-state index contributed by atoms with van der Waals surface area (Å²) >= 11 is 0. The molecule has 1 heterocycles. The van der Waals surface area contributed by atoms with Gasteiger partial charge in [0, 0.05) is 25.4 Å². The molecule has 0 aliphatic carbocycles. The minimum absolute atomic E-state index is 0.108. The van der Waals surface area contributed by atoms with Crippen LogP contribution in [0.2, 0.25) is 0 Å². The summed E-state index contributed by atoms with van der Waals surface area (Å²) in [5, 5.41) is 0. The molecule has 0 atom stereocenters. The van der Waals surface area contributed by atoms with Crippen LogP contribution in [0.25, 0.3) is 11.1 Å². The van der Waals surface area contributed by atoms with E-state index in [1.165, 1.54) is 4.90 Å². The summed E-state index contributed by atoms with van der Waals surface area (Å²) < 4.78 is 0. The van der Waals surface area contributed by atoms with E-state index in [1.54, 1.807) is 45.3 Å². The smallest absolute Gasteiger partial charge is 0.325 e. The summed E-state index contributed by atoms with van der Waals surface area (Å²) in [6, 6.07) is 6.68. The third kappa shape index (κ3) is 2.54. The van der Waals surface area contributed by atoms with E-state index in [-0.39, 0.29) is 5.91 Å². The molecule has 0 radical (unpaired) electrons. The maximum Gasteiger partial charge on any atom is 0.325 e. The zero-order valence-electron chi connectivity index (χ0n) is 11.5. The first-order valence-electron chi connectivity index (χ1n) is 6.05. The summed E-state index contributed by atoms with van der Waals surface area (Å²) in [7, 11) is 3.35. The number of rotatable bonds is 2. The number of benzene rings is 1. The van der Waals surface area contributed by atoms with Crippen LogP contribution in [-0.4, -0.2) is 34.9 Å². The number of H-pyrrole nitrogens is 2. The molecule has 0 bridgehead atoms. The van der Waals surface area contributed by atoms with Crippen molar-refractivity contribution in [2.75, 3.05) is 14.1 Å². The second kappa shape index (κ2) is 5.16. The first-order chi connectivity index (χ1) is 9.40. The molecule has 0 spiro atoms. The van der Waals surface area contributed by atoms with Crippen molar-refractivity contribution in [1.29, 1.82) is 0 Å². The van der Waals surface area contributed by atoms with E-state index in [0.717, 1.165) is 0 Å². The number of aromatic nitrogens is 2. The molecule has 0 fully saturated rings. The molecule has 1 aromatic carbocycles. The Labute approximate surface area is 115 Å². The molecule has 0 saturated carbocycles. The lowest BCUT2D eigenvalue weighted by Crippen LogP contribution is -2.25. The van der Waals surface area contributed by atoms with E-state index in [1.807, 2.05) is 0 Å². The molecule has 0 unspecified atom stereocenters. The number of aromatic amines is 2. The fraction of sp³-hybridized carbons (Fsp3) is 0.214. The van der Waals surface area contributed by atoms with E-state index in [2.05, 4.69) is 9.97 Å². The molecule has 1 aromatic heterocycles. The number of nitrogens with one attached hydrogen (secondary N) is 2. The molecule has 2 aromatic rings. The maximum atomic E-state index is 11.8. The minimum Gasteiger partial charge on any atom is -0.345 e. The average Bonchev–Trinajstić information content (AvgIpc) is 2.37. The molecule has 0 saturated heterocycles. The van der Waals surface area contributed by atoms with Crippen molar-refractivity contribution in [3.05, 3.63) is 56.4 Å². The Hall–Kier alpha value is -2.63. The van der Waals surface area contributed by atoms with Gasteiger partial charge in [0.15, 0.2) is 0 Å². The van der Waals surface area contributed by atoms with Crippen molar-refractivity contribution in [3.63, 3.8) is 0 Å². The summed E-state index contributed by atoms with van der Waals surface area (Å²) in [6.07, 6.45) is 0. The van der Waals surface area contributed by atoms with Crippen molar-refractivity contribution >= 4 is 5.91 Å². The second-order valence-electron chi connectivity index (χ2n) is 4.69. The highest BCUT2D eigenvalue weighted by atomic mass is 16.2. The third-order valence-corrected chi connectivity index (χ3v) is 2.96. The van der Waals surface area contributed by atoms with Crippen LogP contribution in [-0.2, 0) is 0 Å². The maximum absolute atomic E-state index is 11.8. The highest BCUT2D eigenvalue weighted by Gasteiger charge is 2.11.